The van der Waals surface area contributed by atoms with Gasteiger partial charge in [0.25, 0.3) is 0 Å². The van der Waals surface area contributed by atoms with E-state index in [0.29, 0.717) is 21.9 Å². The van der Waals surface area contributed by atoms with Crippen LogP contribution >= 0.6 is 11.6 Å². The highest BCUT2D eigenvalue weighted by molar-refractivity contribution is 6.31. The summed E-state index contributed by atoms with van der Waals surface area (Å²) in [5.41, 5.74) is 1.24. The highest BCUT2D eigenvalue weighted by atomic mass is 35.5. The minimum Gasteiger partial charge on any atom is -0.453 e. The summed E-state index contributed by atoms with van der Waals surface area (Å²) in [5, 5.41) is 1.46. The first-order valence-corrected chi connectivity index (χ1v) is 5.91. The number of para-hydroxylation sites is 1. The van der Waals surface area contributed by atoms with Crippen molar-refractivity contribution < 1.29 is 9.21 Å². The first kappa shape index (κ1) is 11.1. The minimum atomic E-state index is -0.159. The Morgan fingerprint density at radius 1 is 1.00 bits per heavy atom. The number of carbonyl (C=O) groups is 1. The normalized spacial score (nSPS) is 10.7. The number of carbonyl (C=O) groups excluding carboxylic acids is 1. The molecule has 88 valence electrons. The first-order valence-electron chi connectivity index (χ1n) is 5.53. The van der Waals surface area contributed by atoms with E-state index in [4.69, 9.17) is 16.0 Å². The van der Waals surface area contributed by atoms with Crippen LogP contribution in [0.2, 0.25) is 5.02 Å². The average molecular weight is 257 g/mol. The molecule has 1 aromatic heterocycles. The van der Waals surface area contributed by atoms with Crippen LogP contribution in [0.3, 0.4) is 0 Å². The lowest BCUT2D eigenvalue weighted by Gasteiger charge is -1.97. The van der Waals surface area contributed by atoms with Crippen molar-refractivity contribution in [2.45, 2.75) is 0 Å². The maximum atomic E-state index is 12.2. The van der Waals surface area contributed by atoms with Gasteiger partial charge in [0.2, 0.25) is 5.78 Å². The molecule has 0 N–H and O–H groups in total. The molecule has 3 rings (SSSR count). The van der Waals surface area contributed by atoms with Crippen molar-refractivity contribution in [3.8, 4) is 0 Å². The average Bonchev–Trinajstić information content (AvgIpc) is 2.81. The van der Waals surface area contributed by atoms with Crippen LogP contribution in [0, 0.1) is 0 Å². The number of hydrogen-bond donors (Lipinski definition) is 0. The number of hydrogen-bond acceptors (Lipinski definition) is 2. The Hall–Kier alpha value is -2.06. The zero-order chi connectivity index (χ0) is 12.5. The van der Waals surface area contributed by atoms with Crippen molar-refractivity contribution in [2.24, 2.45) is 0 Å². The second-order valence-corrected chi connectivity index (χ2v) is 4.42. The molecule has 0 radical (unpaired) electrons. The van der Waals surface area contributed by atoms with Crippen LogP contribution in [-0.2, 0) is 0 Å². The third-order valence-electron chi connectivity index (χ3n) is 2.74. The minimum absolute atomic E-state index is 0.159. The van der Waals surface area contributed by atoms with Crippen molar-refractivity contribution >= 4 is 28.4 Å². The first-order chi connectivity index (χ1) is 8.74. The Balaban J connectivity index is 2.06. The molecule has 1 heterocycles. The highest BCUT2D eigenvalue weighted by Gasteiger charge is 2.14. The Kier molecular flexibility index (Phi) is 2.65. The molecule has 0 spiro atoms. The number of benzene rings is 2. The summed E-state index contributed by atoms with van der Waals surface area (Å²) < 4.78 is 5.53. The van der Waals surface area contributed by atoms with E-state index < -0.39 is 0 Å². The van der Waals surface area contributed by atoms with Crippen molar-refractivity contribution in [2.75, 3.05) is 0 Å². The fourth-order valence-electron chi connectivity index (χ4n) is 1.87. The van der Waals surface area contributed by atoms with Gasteiger partial charge in [-0.05, 0) is 24.3 Å². The summed E-state index contributed by atoms with van der Waals surface area (Å²) in [6.45, 7) is 0. The lowest BCUT2D eigenvalue weighted by atomic mass is 10.1. The molecule has 0 aliphatic heterocycles. The van der Waals surface area contributed by atoms with Crippen molar-refractivity contribution in [1.29, 1.82) is 0 Å². The fraction of sp³-hybridized carbons (Fsp3) is 0. The summed E-state index contributed by atoms with van der Waals surface area (Å²) in [7, 11) is 0. The van der Waals surface area contributed by atoms with Crippen molar-refractivity contribution in [1.82, 2.24) is 0 Å². The van der Waals surface area contributed by atoms with Crippen LogP contribution in [0.1, 0.15) is 16.1 Å². The van der Waals surface area contributed by atoms with Gasteiger partial charge < -0.3 is 4.42 Å². The molecule has 0 fully saturated rings. The number of furan rings is 1. The predicted molar refractivity (Wildman–Crippen MR) is 71.1 cm³/mol. The van der Waals surface area contributed by atoms with Gasteiger partial charge in [0.05, 0.1) is 0 Å². The van der Waals surface area contributed by atoms with E-state index in [1.165, 1.54) is 0 Å². The number of fused-ring (bicyclic) bond motifs is 1. The van der Waals surface area contributed by atoms with Crippen LogP contribution in [0.25, 0.3) is 11.0 Å². The van der Waals surface area contributed by atoms with E-state index in [0.717, 1.165) is 5.39 Å². The van der Waals surface area contributed by atoms with Gasteiger partial charge in [-0.25, -0.2) is 0 Å². The van der Waals surface area contributed by atoms with E-state index in [2.05, 4.69) is 0 Å². The van der Waals surface area contributed by atoms with E-state index in [-0.39, 0.29) is 5.78 Å². The van der Waals surface area contributed by atoms with Crippen LogP contribution in [0.4, 0.5) is 0 Å². The van der Waals surface area contributed by atoms with Gasteiger partial charge in [-0.2, -0.15) is 0 Å². The van der Waals surface area contributed by atoms with Crippen LogP contribution in [0.15, 0.2) is 59.0 Å². The summed E-state index contributed by atoms with van der Waals surface area (Å²) in [6.07, 6.45) is 0. The molecule has 0 bridgehead atoms. The van der Waals surface area contributed by atoms with E-state index in [1.54, 1.807) is 30.3 Å². The Labute approximate surface area is 109 Å². The maximum absolute atomic E-state index is 12.2. The van der Waals surface area contributed by atoms with Crippen LogP contribution in [-0.4, -0.2) is 5.78 Å². The van der Waals surface area contributed by atoms with Crippen molar-refractivity contribution in [3.05, 3.63) is 70.9 Å². The predicted octanol–water partition coefficient (Wildman–Crippen LogP) is 4.32. The molecule has 3 heteroatoms. The molecule has 18 heavy (non-hydrogen) atoms. The summed E-state index contributed by atoms with van der Waals surface area (Å²) in [6, 6.07) is 16.1. The monoisotopic (exact) mass is 256 g/mol. The van der Waals surface area contributed by atoms with Crippen LogP contribution < -0.4 is 0 Å². The topological polar surface area (TPSA) is 30.2 Å². The molecule has 0 saturated carbocycles. The lowest BCUT2D eigenvalue weighted by molar-refractivity contribution is 0.101. The third kappa shape index (κ3) is 1.91. The fourth-order valence-corrected chi connectivity index (χ4v) is 2.06. The van der Waals surface area contributed by atoms with E-state index in [1.807, 2.05) is 24.3 Å². The zero-order valence-corrected chi connectivity index (χ0v) is 10.1. The van der Waals surface area contributed by atoms with Gasteiger partial charge in [0, 0.05) is 16.0 Å². The molecule has 2 nitrogen and oxygen atoms in total. The van der Waals surface area contributed by atoms with Gasteiger partial charge in [0.15, 0.2) is 5.76 Å². The second kappa shape index (κ2) is 4.31. The van der Waals surface area contributed by atoms with Gasteiger partial charge in [0.1, 0.15) is 5.58 Å². The summed E-state index contributed by atoms with van der Waals surface area (Å²) in [5.74, 6) is 0.173. The maximum Gasteiger partial charge on any atom is 0.228 e. The largest absolute Gasteiger partial charge is 0.453 e. The molecule has 0 aliphatic carbocycles. The van der Waals surface area contributed by atoms with E-state index >= 15 is 0 Å². The molecule has 0 aliphatic rings. The SMILES string of the molecule is O=C(c1cccc(Cl)c1)c1cc2ccccc2o1. The van der Waals surface area contributed by atoms with Gasteiger partial charge in [-0.3, -0.25) is 4.79 Å². The molecular weight excluding hydrogens is 248 g/mol. The highest BCUT2D eigenvalue weighted by Crippen LogP contribution is 2.22. The molecule has 0 amide bonds. The van der Waals surface area contributed by atoms with Gasteiger partial charge >= 0.3 is 0 Å². The van der Waals surface area contributed by atoms with E-state index in [9.17, 15) is 4.79 Å². The summed E-state index contributed by atoms with van der Waals surface area (Å²) >= 11 is 5.87. The van der Waals surface area contributed by atoms with Gasteiger partial charge in [-0.15, -0.1) is 0 Å². The Morgan fingerprint density at radius 2 is 1.83 bits per heavy atom. The summed E-state index contributed by atoms with van der Waals surface area (Å²) in [4.78, 5) is 12.2. The lowest BCUT2D eigenvalue weighted by Crippen LogP contribution is -1.98. The van der Waals surface area contributed by atoms with Gasteiger partial charge in [-0.1, -0.05) is 41.9 Å². The number of ketones is 1. The molecular formula is C15H9ClO2. The van der Waals surface area contributed by atoms with Crippen LogP contribution in [0.5, 0.6) is 0 Å². The molecule has 0 unspecified atom stereocenters. The Morgan fingerprint density at radius 3 is 2.61 bits per heavy atom. The Bertz CT molecular complexity index is 695. The number of halogens is 1. The standard InChI is InChI=1S/C15H9ClO2/c16-12-6-3-5-11(8-12)15(17)14-9-10-4-1-2-7-13(10)18-14/h1-9H. The molecule has 3 aromatic rings. The molecule has 2 aromatic carbocycles. The quantitative estimate of drug-likeness (QED) is 0.639. The smallest absolute Gasteiger partial charge is 0.228 e. The number of rotatable bonds is 2. The zero-order valence-electron chi connectivity index (χ0n) is 9.39. The van der Waals surface area contributed by atoms with Crippen molar-refractivity contribution in [3.63, 3.8) is 0 Å². The second-order valence-electron chi connectivity index (χ2n) is 3.99. The molecule has 0 saturated heterocycles. The third-order valence-corrected chi connectivity index (χ3v) is 2.97. The molecule has 0 atom stereocenters.